The first-order chi connectivity index (χ1) is 10.2. The molecule has 106 valence electrons. The van der Waals surface area contributed by atoms with Crippen LogP contribution < -0.4 is 0 Å². The van der Waals surface area contributed by atoms with Crippen LogP contribution in [0.25, 0.3) is 0 Å². The van der Waals surface area contributed by atoms with E-state index in [2.05, 4.69) is 12.1 Å². The Morgan fingerprint density at radius 2 is 1.90 bits per heavy atom. The predicted octanol–water partition coefficient (Wildman–Crippen LogP) is 4.12. The zero-order valence-electron chi connectivity index (χ0n) is 11.4. The largest absolute Gasteiger partial charge is 0.294 e. The third-order valence-electron chi connectivity index (χ3n) is 4.83. The van der Waals surface area contributed by atoms with Gasteiger partial charge in [-0.15, -0.1) is 0 Å². The summed E-state index contributed by atoms with van der Waals surface area (Å²) in [5, 5.41) is 0. The van der Waals surface area contributed by atoms with Gasteiger partial charge in [0.1, 0.15) is 11.6 Å². The van der Waals surface area contributed by atoms with Gasteiger partial charge in [-0.25, -0.2) is 8.78 Å². The number of ketones is 1. The number of fused-ring (bicyclic) bond motifs is 3. The Kier molecular flexibility index (Phi) is 2.71. The van der Waals surface area contributed by atoms with Crippen molar-refractivity contribution in [3.8, 4) is 0 Å². The molecule has 0 heterocycles. The lowest BCUT2D eigenvalue weighted by molar-refractivity contribution is 0.0954. The van der Waals surface area contributed by atoms with Crippen LogP contribution in [0.4, 0.5) is 8.78 Å². The van der Waals surface area contributed by atoms with Gasteiger partial charge >= 0.3 is 0 Å². The Hall–Kier alpha value is -2.03. The Morgan fingerprint density at radius 3 is 2.76 bits per heavy atom. The third-order valence-corrected chi connectivity index (χ3v) is 4.83. The molecule has 2 aliphatic rings. The quantitative estimate of drug-likeness (QED) is 0.758. The average Bonchev–Trinajstić information content (AvgIpc) is 3.24. The summed E-state index contributed by atoms with van der Waals surface area (Å²) < 4.78 is 27.1. The first-order valence-corrected chi connectivity index (χ1v) is 7.24. The van der Waals surface area contributed by atoms with Crippen LogP contribution in [0.1, 0.15) is 33.8 Å². The number of rotatable bonds is 2. The number of halogens is 2. The van der Waals surface area contributed by atoms with Crippen LogP contribution in [-0.2, 0) is 6.42 Å². The predicted molar refractivity (Wildman–Crippen MR) is 75.2 cm³/mol. The van der Waals surface area contributed by atoms with E-state index < -0.39 is 11.6 Å². The summed E-state index contributed by atoms with van der Waals surface area (Å²) in [7, 11) is 0. The molecule has 0 saturated heterocycles. The summed E-state index contributed by atoms with van der Waals surface area (Å²) in [6.07, 6.45) is 1.92. The Morgan fingerprint density at radius 1 is 1.10 bits per heavy atom. The van der Waals surface area contributed by atoms with E-state index in [0.717, 1.165) is 31.0 Å². The van der Waals surface area contributed by atoms with Crippen molar-refractivity contribution in [2.75, 3.05) is 0 Å². The maximum atomic E-state index is 13.8. The van der Waals surface area contributed by atoms with Gasteiger partial charge in [-0.1, -0.05) is 24.3 Å². The van der Waals surface area contributed by atoms with Crippen molar-refractivity contribution in [2.24, 2.45) is 11.8 Å². The topological polar surface area (TPSA) is 17.1 Å². The molecule has 2 aromatic rings. The highest BCUT2D eigenvalue weighted by molar-refractivity contribution is 6.01. The molecule has 1 fully saturated rings. The number of carbonyl (C=O) groups is 1. The molecule has 0 spiro atoms. The lowest BCUT2D eigenvalue weighted by Gasteiger charge is -2.13. The molecule has 3 heteroatoms. The van der Waals surface area contributed by atoms with Crippen molar-refractivity contribution in [3.63, 3.8) is 0 Å². The van der Waals surface area contributed by atoms with Crippen LogP contribution in [0, 0.1) is 23.5 Å². The van der Waals surface area contributed by atoms with Crippen LogP contribution in [0.5, 0.6) is 0 Å². The minimum atomic E-state index is -0.627. The molecule has 0 aromatic heterocycles. The molecule has 0 aliphatic heterocycles. The molecule has 1 nitrogen and oxygen atoms in total. The first-order valence-electron chi connectivity index (χ1n) is 7.24. The van der Waals surface area contributed by atoms with Crippen LogP contribution in [0.3, 0.4) is 0 Å². The molecule has 21 heavy (non-hydrogen) atoms. The number of Topliss-reactive ketones (excluding diaryl/α,β-unsaturated/α-hetero) is 1. The fourth-order valence-corrected chi connectivity index (χ4v) is 3.79. The van der Waals surface area contributed by atoms with Gasteiger partial charge in [-0.3, -0.25) is 4.79 Å². The maximum absolute atomic E-state index is 13.8. The third kappa shape index (κ3) is 1.91. The minimum absolute atomic E-state index is 0.105. The van der Waals surface area contributed by atoms with E-state index in [1.165, 1.54) is 11.1 Å². The molecule has 0 amide bonds. The summed E-state index contributed by atoms with van der Waals surface area (Å²) >= 11 is 0. The first kappa shape index (κ1) is 12.7. The van der Waals surface area contributed by atoms with E-state index >= 15 is 0 Å². The van der Waals surface area contributed by atoms with Gasteiger partial charge in [-0.05, 0) is 54.0 Å². The van der Waals surface area contributed by atoms with Crippen LogP contribution in [-0.4, -0.2) is 5.78 Å². The molecule has 3 atom stereocenters. The molecule has 0 radical (unpaired) electrons. The van der Waals surface area contributed by atoms with Gasteiger partial charge in [0.15, 0.2) is 5.78 Å². The zero-order valence-corrected chi connectivity index (χ0v) is 11.4. The fourth-order valence-electron chi connectivity index (χ4n) is 3.79. The molecule has 0 N–H and O–H groups in total. The maximum Gasteiger partial charge on any atom is 0.169 e. The summed E-state index contributed by atoms with van der Waals surface area (Å²) in [6.45, 7) is 0. The second kappa shape index (κ2) is 4.48. The van der Waals surface area contributed by atoms with Crippen molar-refractivity contribution in [1.82, 2.24) is 0 Å². The molecule has 4 rings (SSSR count). The summed E-state index contributed by atoms with van der Waals surface area (Å²) in [5.74, 6) is -1.16. The number of aryl methyl sites for hydroxylation is 1. The van der Waals surface area contributed by atoms with E-state index in [1.807, 2.05) is 12.1 Å². The van der Waals surface area contributed by atoms with E-state index in [-0.39, 0.29) is 29.1 Å². The number of benzene rings is 2. The highest BCUT2D eigenvalue weighted by Gasteiger charge is 2.57. The average molecular weight is 284 g/mol. The Bertz CT molecular complexity index is 738. The molecular formula is C18H14F2O. The minimum Gasteiger partial charge on any atom is -0.294 e. The number of hydrogen-bond donors (Lipinski definition) is 0. The molecule has 1 saturated carbocycles. The van der Waals surface area contributed by atoms with Crippen LogP contribution in [0.15, 0.2) is 42.5 Å². The van der Waals surface area contributed by atoms with E-state index in [0.29, 0.717) is 0 Å². The highest BCUT2D eigenvalue weighted by Crippen LogP contribution is 2.60. The lowest BCUT2D eigenvalue weighted by Crippen LogP contribution is -2.07. The van der Waals surface area contributed by atoms with Crippen molar-refractivity contribution in [1.29, 1.82) is 0 Å². The fraction of sp³-hybridized carbons (Fsp3) is 0.278. The van der Waals surface area contributed by atoms with Gasteiger partial charge in [0.05, 0.1) is 5.56 Å². The summed E-state index contributed by atoms with van der Waals surface area (Å²) in [6, 6.07) is 11.2. The summed E-state index contributed by atoms with van der Waals surface area (Å²) in [4.78, 5) is 12.5. The Balaban J connectivity index is 1.68. The molecule has 2 aliphatic carbocycles. The number of carbonyl (C=O) groups excluding carboxylic acids is 1. The second-order valence-corrected chi connectivity index (χ2v) is 5.94. The smallest absolute Gasteiger partial charge is 0.169 e. The molecule has 3 unspecified atom stereocenters. The SMILES string of the molecule is O=C(c1cc(F)ccc1F)C1C2CCc3ccccc3C21. The molecule has 2 aromatic carbocycles. The van der Waals surface area contributed by atoms with E-state index in [4.69, 9.17) is 0 Å². The van der Waals surface area contributed by atoms with Gasteiger partial charge < -0.3 is 0 Å². The van der Waals surface area contributed by atoms with Crippen LogP contribution >= 0.6 is 0 Å². The van der Waals surface area contributed by atoms with Crippen LogP contribution in [0.2, 0.25) is 0 Å². The van der Waals surface area contributed by atoms with E-state index in [1.54, 1.807) is 0 Å². The monoisotopic (exact) mass is 284 g/mol. The highest BCUT2D eigenvalue weighted by atomic mass is 19.1. The molecule has 0 bridgehead atoms. The number of hydrogen-bond acceptors (Lipinski definition) is 1. The van der Waals surface area contributed by atoms with Gasteiger partial charge in [0, 0.05) is 5.92 Å². The van der Waals surface area contributed by atoms with Crippen molar-refractivity contribution in [2.45, 2.75) is 18.8 Å². The van der Waals surface area contributed by atoms with Crippen molar-refractivity contribution in [3.05, 3.63) is 70.8 Å². The summed E-state index contributed by atoms with van der Waals surface area (Å²) in [5.41, 5.74) is 2.39. The Labute approximate surface area is 121 Å². The lowest BCUT2D eigenvalue weighted by atomic mass is 9.92. The second-order valence-electron chi connectivity index (χ2n) is 5.94. The van der Waals surface area contributed by atoms with Crippen molar-refractivity contribution >= 4 is 5.78 Å². The zero-order chi connectivity index (χ0) is 14.6. The molecular weight excluding hydrogens is 270 g/mol. The van der Waals surface area contributed by atoms with E-state index in [9.17, 15) is 13.6 Å². The normalized spacial score (nSPS) is 25.9. The standard InChI is InChI=1S/C18H14F2O/c19-11-6-8-15(20)14(9-11)18(21)17-13-7-5-10-3-1-2-4-12(10)16(13)17/h1-4,6,8-9,13,16-17H,5,7H2. The van der Waals surface area contributed by atoms with Gasteiger partial charge in [0.25, 0.3) is 0 Å². The van der Waals surface area contributed by atoms with Gasteiger partial charge in [0.2, 0.25) is 0 Å². The van der Waals surface area contributed by atoms with Crippen molar-refractivity contribution < 1.29 is 13.6 Å². The van der Waals surface area contributed by atoms with Gasteiger partial charge in [-0.2, -0.15) is 0 Å².